The molecule has 1 heterocycles. The lowest BCUT2D eigenvalue weighted by Gasteiger charge is -2.06. The quantitative estimate of drug-likeness (QED) is 0.674. The highest BCUT2D eigenvalue weighted by atomic mass is 79.9. The minimum Gasteiger partial charge on any atom is -0.508 e. The third-order valence-electron chi connectivity index (χ3n) is 3.16. The molecule has 106 valence electrons. The third kappa shape index (κ3) is 2.78. The fourth-order valence-corrected chi connectivity index (χ4v) is 2.43. The standard InChI is InChI=1S/C16H12BrNO3/c1-9-6-12(19)4-5-13(9)18-16(20)15-7-10-2-3-11(17)8-14(10)21-15/h2-8,19H,1H3,(H,18,20). The van der Waals surface area contributed by atoms with Crippen LogP contribution in [0.25, 0.3) is 11.0 Å². The van der Waals surface area contributed by atoms with Crippen LogP contribution < -0.4 is 5.32 Å². The summed E-state index contributed by atoms with van der Waals surface area (Å²) in [6.07, 6.45) is 0. The van der Waals surface area contributed by atoms with Crippen LogP contribution in [0.3, 0.4) is 0 Å². The molecule has 3 rings (SSSR count). The molecule has 0 unspecified atom stereocenters. The Kier molecular flexibility index (Phi) is 3.43. The van der Waals surface area contributed by atoms with E-state index in [4.69, 9.17) is 4.42 Å². The summed E-state index contributed by atoms with van der Waals surface area (Å²) in [7, 11) is 0. The molecule has 2 aromatic carbocycles. The molecule has 1 aromatic heterocycles. The summed E-state index contributed by atoms with van der Waals surface area (Å²) >= 11 is 3.36. The number of hydrogen-bond donors (Lipinski definition) is 2. The number of amides is 1. The van der Waals surface area contributed by atoms with Gasteiger partial charge in [-0.2, -0.15) is 0 Å². The number of phenolic OH excluding ortho intramolecular Hbond substituents is 1. The number of rotatable bonds is 2. The molecule has 21 heavy (non-hydrogen) atoms. The molecule has 0 atom stereocenters. The van der Waals surface area contributed by atoms with Gasteiger partial charge < -0.3 is 14.8 Å². The first kappa shape index (κ1) is 13.7. The number of anilines is 1. The van der Waals surface area contributed by atoms with Gasteiger partial charge in [-0.15, -0.1) is 0 Å². The summed E-state index contributed by atoms with van der Waals surface area (Å²) in [5, 5.41) is 13.0. The third-order valence-corrected chi connectivity index (χ3v) is 3.66. The van der Waals surface area contributed by atoms with E-state index in [0.717, 1.165) is 15.4 Å². The monoisotopic (exact) mass is 345 g/mol. The van der Waals surface area contributed by atoms with Gasteiger partial charge in [0.1, 0.15) is 11.3 Å². The molecule has 0 radical (unpaired) electrons. The zero-order chi connectivity index (χ0) is 15.0. The number of aryl methyl sites for hydroxylation is 1. The van der Waals surface area contributed by atoms with Gasteiger partial charge in [0.2, 0.25) is 0 Å². The van der Waals surface area contributed by atoms with Gasteiger partial charge in [-0.1, -0.05) is 15.9 Å². The Labute approximate surface area is 129 Å². The van der Waals surface area contributed by atoms with E-state index in [2.05, 4.69) is 21.2 Å². The Bertz CT molecular complexity index is 839. The maximum atomic E-state index is 12.2. The van der Waals surface area contributed by atoms with Crippen molar-refractivity contribution in [3.8, 4) is 5.75 Å². The topological polar surface area (TPSA) is 62.5 Å². The Morgan fingerprint density at radius 3 is 2.76 bits per heavy atom. The number of fused-ring (bicyclic) bond motifs is 1. The van der Waals surface area contributed by atoms with E-state index in [1.54, 1.807) is 18.2 Å². The summed E-state index contributed by atoms with van der Waals surface area (Å²) < 4.78 is 6.45. The van der Waals surface area contributed by atoms with Gasteiger partial charge in [0, 0.05) is 15.5 Å². The van der Waals surface area contributed by atoms with Gasteiger partial charge in [-0.25, -0.2) is 0 Å². The van der Waals surface area contributed by atoms with Gasteiger partial charge in [-0.05, 0) is 55.0 Å². The van der Waals surface area contributed by atoms with Gasteiger partial charge in [-0.3, -0.25) is 4.79 Å². The molecule has 0 aliphatic carbocycles. The molecule has 0 fully saturated rings. The Balaban J connectivity index is 1.89. The molecule has 0 aliphatic heterocycles. The Morgan fingerprint density at radius 1 is 1.19 bits per heavy atom. The zero-order valence-electron chi connectivity index (χ0n) is 11.2. The normalized spacial score (nSPS) is 10.8. The van der Waals surface area contributed by atoms with Gasteiger partial charge >= 0.3 is 0 Å². The maximum absolute atomic E-state index is 12.2. The van der Waals surface area contributed by atoms with Crippen molar-refractivity contribution in [2.24, 2.45) is 0 Å². The molecular formula is C16H12BrNO3. The van der Waals surface area contributed by atoms with Crippen LogP contribution in [0.2, 0.25) is 0 Å². The summed E-state index contributed by atoms with van der Waals surface area (Å²) in [6, 6.07) is 12.1. The fraction of sp³-hybridized carbons (Fsp3) is 0.0625. The SMILES string of the molecule is Cc1cc(O)ccc1NC(=O)c1cc2ccc(Br)cc2o1. The molecular weight excluding hydrogens is 334 g/mol. The second kappa shape index (κ2) is 5.26. The largest absolute Gasteiger partial charge is 0.508 e. The van der Waals surface area contributed by atoms with E-state index in [0.29, 0.717) is 11.3 Å². The first-order valence-corrected chi connectivity index (χ1v) is 7.12. The van der Waals surface area contributed by atoms with E-state index in [1.807, 2.05) is 25.1 Å². The van der Waals surface area contributed by atoms with Crippen LogP contribution in [0.4, 0.5) is 5.69 Å². The van der Waals surface area contributed by atoms with Crippen molar-refractivity contribution in [2.45, 2.75) is 6.92 Å². The van der Waals surface area contributed by atoms with Crippen LogP contribution in [0.5, 0.6) is 5.75 Å². The molecule has 0 aliphatic rings. The molecule has 0 spiro atoms. The fourth-order valence-electron chi connectivity index (χ4n) is 2.09. The van der Waals surface area contributed by atoms with Crippen molar-refractivity contribution in [3.05, 3.63) is 58.3 Å². The number of furan rings is 1. The second-order valence-electron chi connectivity index (χ2n) is 4.75. The van der Waals surface area contributed by atoms with Crippen molar-refractivity contribution in [1.29, 1.82) is 0 Å². The predicted molar refractivity (Wildman–Crippen MR) is 84.7 cm³/mol. The number of nitrogens with one attached hydrogen (secondary N) is 1. The van der Waals surface area contributed by atoms with Crippen molar-refractivity contribution < 1.29 is 14.3 Å². The van der Waals surface area contributed by atoms with Crippen LogP contribution in [-0.4, -0.2) is 11.0 Å². The van der Waals surface area contributed by atoms with E-state index in [-0.39, 0.29) is 17.4 Å². The highest BCUT2D eigenvalue weighted by Crippen LogP contribution is 2.25. The molecule has 4 nitrogen and oxygen atoms in total. The molecule has 0 saturated carbocycles. The maximum Gasteiger partial charge on any atom is 0.291 e. The number of halogens is 1. The number of phenols is 1. The lowest BCUT2D eigenvalue weighted by atomic mass is 10.2. The molecule has 0 bridgehead atoms. The number of benzene rings is 2. The molecule has 3 aromatic rings. The van der Waals surface area contributed by atoms with Crippen LogP contribution in [0.15, 0.2) is 51.4 Å². The van der Waals surface area contributed by atoms with Crippen molar-refractivity contribution in [3.63, 3.8) is 0 Å². The Morgan fingerprint density at radius 2 is 2.00 bits per heavy atom. The van der Waals surface area contributed by atoms with E-state index < -0.39 is 0 Å². The minimum absolute atomic E-state index is 0.166. The van der Waals surface area contributed by atoms with Crippen molar-refractivity contribution >= 4 is 38.5 Å². The van der Waals surface area contributed by atoms with Crippen LogP contribution in [-0.2, 0) is 0 Å². The summed E-state index contributed by atoms with van der Waals surface area (Å²) in [5.41, 5.74) is 2.07. The number of carbonyl (C=O) groups excluding carboxylic acids is 1. The van der Waals surface area contributed by atoms with Crippen LogP contribution in [0.1, 0.15) is 16.1 Å². The van der Waals surface area contributed by atoms with Gasteiger partial charge in [0.15, 0.2) is 5.76 Å². The minimum atomic E-state index is -0.323. The van der Waals surface area contributed by atoms with Gasteiger partial charge in [0.05, 0.1) is 0 Å². The van der Waals surface area contributed by atoms with Crippen molar-refractivity contribution in [1.82, 2.24) is 0 Å². The summed E-state index contributed by atoms with van der Waals surface area (Å²) in [6.45, 7) is 1.81. The number of aromatic hydroxyl groups is 1. The van der Waals surface area contributed by atoms with Crippen LogP contribution >= 0.6 is 15.9 Å². The first-order valence-electron chi connectivity index (χ1n) is 6.33. The first-order chi connectivity index (χ1) is 10.0. The van der Waals surface area contributed by atoms with E-state index in [1.165, 1.54) is 6.07 Å². The second-order valence-corrected chi connectivity index (χ2v) is 5.66. The lowest BCUT2D eigenvalue weighted by Crippen LogP contribution is -2.11. The van der Waals surface area contributed by atoms with Crippen molar-refractivity contribution in [2.75, 3.05) is 5.32 Å². The van der Waals surface area contributed by atoms with Gasteiger partial charge in [0.25, 0.3) is 5.91 Å². The molecule has 5 heteroatoms. The zero-order valence-corrected chi connectivity index (χ0v) is 12.8. The van der Waals surface area contributed by atoms with E-state index in [9.17, 15) is 9.90 Å². The Hall–Kier alpha value is -2.27. The number of carbonyl (C=O) groups is 1. The average Bonchev–Trinajstić information content (AvgIpc) is 2.85. The highest BCUT2D eigenvalue weighted by Gasteiger charge is 2.13. The van der Waals surface area contributed by atoms with E-state index >= 15 is 0 Å². The predicted octanol–water partition coefficient (Wildman–Crippen LogP) is 4.46. The smallest absolute Gasteiger partial charge is 0.291 e. The highest BCUT2D eigenvalue weighted by molar-refractivity contribution is 9.10. The average molecular weight is 346 g/mol. The summed E-state index contributed by atoms with van der Waals surface area (Å²) in [5.74, 6) is 0.0887. The molecule has 0 saturated heterocycles. The van der Waals surface area contributed by atoms with Crippen LogP contribution in [0, 0.1) is 6.92 Å². The lowest BCUT2D eigenvalue weighted by molar-refractivity contribution is 0.0998. The molecule has 1 amide bonds. The summed E-state index contributed by atoms with van der Waals surface area (Å²) in [4.78, 5) is 12.2. The number of hydrogen-bond acceptors (Lipinski definition) is 3. The molecule has 2 N–H and O–H groups in total.